The summed E-state index contributed by atoms with van der Waals surface area (Å²) in [4.78, 5) is 2.38. The summed E-state index contributed by atoms with van der Waals surface area (Å²) in [6, 6.07) is 39.5. The highest BCUT2D eigenvalue weighted by molar-refractivity contribution is 6.02. The van der Waals surface area contributed by atoms with Gasteiger partial charge in [-0.15, -0.1) is 0 Å². The van der Waals surface area contributed by atoms with Crippen LogP contribution in [0, 0.1) is 6.92 Å². The molecule has 3 nitrogen and oxygen atoms in total. The van der Waals surface area contributed by atoms with Gasteiger partial charge in [-0.3, -0.25) is 0 Å². The Kier molecular flexibility index (Phi) is 8.31. The van der Waals surface area contributed by atoms with Crippen molar-refractivity contribution in [3.05, 3.63) is 137 Å². The molecule has 2 atom stereocenters. The van der Waals surface area contributed by atoms with E-state index in [4.69, 9.17) is 0 Å². The van der Waals surface area contributed by atoms with Crippen LogP contribution >= 0.6 is 0 Å². The maximum Gasteiger partial charge on any atom is 0.246 e. The van der Waals surface area contributed by atoms with Crippen molar-refractivity contribution in [2.45, 2.75) is 95.1 Å². The van der Waals surface area contributed by atoms with Gasteiger partial charge in [-0.2, -0.15) is 0 Å². The molecule has 2 fully saturated rings. The Bertz CT molecular complexity index is 1880. The fraction of sp³-hybridized carbons (Fsp3) is 0.341. The highest BCUT2D eigenvalue weighted by Gasteiger charge is 2.48. The zero-order valence-electron chi connectivity index (χ0n) is 27.7. The van der Waals surface area contributed by atoms with Gasteiger partial charge in [0.1, 0.15) is 5.69 Å². The van der Waals surface area contributed by atoms with Gasteiger partial charge in [0, 0.05) is 22.1 Å². The minimum atomic E-state index is -0.0491. The Morgan fingerprint density at radius 3 is 1.94 bits per heavy atom. The Morgan fingerprint density at radius 1 is 0.617 bits per heavy atom. The van der Waals surface area contributed by atoms with Gasteiger partial charge in [-0.25, -0.2) is 9.48 Å². The van der Waals surface area contributed by atoms with Crippen LogP contribution in [0.25, 0.3) is 10.8 Å². The third-order valence-corrected chi connectivity index (χ3v) is 11.3. The minimum Gasteiger partial charge on any atom is -0.504 e. The third kappa shape index (κ3) is 5.64. The quantitative estimate of drug-likeness (QED) is 0.191. The van der Waals surface area contributed by atoms with E-state index in [0.717, 1.165) is 16.5 Å². The summed E-state index contributed by atoms with van der Waals surface area (Å²) in [5.41, 5.74) is 9.24. The molecular formula is C44H47N2O+. The van der Waals surface area contributed by atoms with E-state index in [-0.39, 0.29) is 12.1 Å². The molecule has 5 aromatic rings. The van der Waals surface area contributed by atoms with Crippen LogP contribution in [0.4, 0.5) is 11.4 Å². The Labute approximate surface area is 280 Å². The second kappa shape index (κ2) is 13.0. The molecule has 0 aromatic heterocycles. The first-order valence-corrected chi connectivity index (χ1v) is 18.0. The summed E-state index contributed by atoms with van der Waals surface area (Å²) in [5, 5.41) is 13.9. The van der Waals surface area contributed by atoms with Gasteiger partial charge in [0.25, 0.3) is 0 Å². The van der Waals surface area contributed by atoms with Gasteiger partial charge in [-0.1, -0.05) is 136 Å². The SMILES string of the molecule is Cc1cc(C2CCCCC2)cc(C2CCCCC2)c1[N+]1=CN(c2c(O)ccc3ccccc23)[C@@H](c2ccccc2)[C@@H]1c1ccccc1. The van der Waals surface area contributed by atoms with Gasteiger partial charge in [0.15, 0.2) is 23.5 Å². The second-order valence-corrected chi connectivity index (χ2v) is 14.2. The molecule has 0 spiro atoms. The van der Waals surface area contributed by atoms with E-state index >= 15 is 0 Å². The number of fused-ring (bicyclic) bond motifs is 1. The number of hydrogen-bond acceptors (Lipinski definition) is 2. The molecule has 2 saturated carbocycles. The van der Waals surface area contributed by atoms with Gasteiger partial charge < -0.3 is 5.11 Å². The van der Waals surface area contributed by atoms with Crippen molar-refractivity contribution in [1.29, 1.82) is 0 Å². The van der Waals surface area contributed by atoms with E-state index < -0.39 is 0 Å². The summed E-state index contributed by atoms with van der Waals surface area (Å²) in [6.45, 7) is 2.36. The Morgan fingerprint density at radius 2 is 1.23 bits per heavy atom. The average Bonchev–Trinajstić information content (AvgIpc) is 3.52. The van der Waals surface area contributed by atoms with E-state index in [9.17, 15) is 5.11 Å². The topological polar surface area (TPSA) is 26.5 Å². The van der Waals surface area contributed by atoms with Crippen molar-refractivity contribution in [3.63, 3.8) is 0 Å². The van der Waals surface area contributed by atoms with Crippen molar-refractivity contribution in [3.8, 4) is 5.75 Å². The lowest BCUT2D eigenvalue weighted by molar-refractivity contribution is -0.482. The molecule has 0 bridgehead atoms. The van der Waals surface area contributed by atoms with Crippen molar-refractivity contribution in [2.75, 3.05) is 4.90 Å². The van der Waals surface area contributed by atoms with Crippen LogP contribution in [0.2, 0.25) is 0 Å². The number of phenols is 1. The minimum absolute atomic E-state index is 0.0125. The number of anilines is 1. The van der Waals surface area contributed by atoms with Crippen molar-refractivity contribution >= 4 is 28.5 Å². The Hall–Kier alpha value is -4.37. The number of phenolic OH excluding ortho intramolecular Hbond substituents is 1. The molecule has 2 aliphatic carbocycles. The van der Waals surface area contributed by atoms with Crippen molar-refractivity contribution in [2.24, 2.45) is 0 Å². The molecular weight excluding hydrogens is 572 g/mol. The van der Waals surface area contributed by atoms with Gasteiger partial charge >= 0.3 is 0 Å². The first-order chi connectivity index (χ1) is 23.2. The van der Waals surface area contributed by atoms with Crippen LogP contribution in [0.5, 0.6) is 5.75 Å². The molecule has 47 heavy (non-hydrogen) atoms. The zero-order chi connectivity index (χ0) is 31.7. The first-order valence-electron chi connectivity index (χ1n) is 18.0. The maximum absolute atomic E-state index is 11.7. The van der Waals surface area contributed by atoms with Crippen LogP contribution in [-0.2, 0) is 0 Å². The fourth-order valence-corrected chi connectivity index (χ4v) is 9.06. The van der Waals surface area contributed by atoms with Crippen molar-refractivity contribution in [1.82, 2.24) is 0 Å². The molecule has 0 saturated heterocycles. The van der Waals surface area contributed by atoms with E-state index in [1.165, 1.54) is 86.6 Å². The lowest BCUT2D eigenvalue weighted by Crippen LogP contribution is -2.26. The molecule has 0 amide bonds. The average molecular weight is 620 g/mol. The summed E-state index contributed by atoms with van der Waals surface area (Å²) >= 11 is 0. The zero-order valence-corrected chi connectivity index (χ0v) is 27.7. The summed E-state index contributed by atoms with van der Waals surface area (Å²) in [6.07, 6.45) is 15.5. The molecule has 0 unspecified atom stereocenters. The van der Waals surface area contributed by atoms with Crippen molar-refractivity contribution < 1.29 is 9.68 Å². The fourth-order valence-electron chi connectivity index (χ4n) is 9.06. The maximum atomic E-state index is 11.7. The largest absolute Gasteiger partial charge is 0.504 e. The van der Waals surface area contributed by atoms with E-state index in [0.29, 0.717) is 17.6 Å². The number of hydrogen-bond donors (Lipinski definition) is 1. The number of nitrogens with zero attached hydrogens (tertiary/aromatic N) is 2. The van der Waals surface area contributed by atoms with Gasteiger partial charge in [0.2, 0.25) is 6.34 Å². The van der Waals surface area contributed by atoms with Gasteiger partial charge in [-0.05, 0) is 73.1 Å². The summed E-state index contributed by atoms with van der Waals surface area (Å²) in [7, 11) is 0. The second-order valence-electron chi connectivity index (χ2n) is 14.2. The highest BCUT2D eigenvalue weighted by Crippen LogP contribution is 2.52. The molecule has 3 aliphatic rings. The summed E-state index contributed by atoms with van der Waals surface area (Å²) in [5.74, 6) is 1.56. The highest BCUT2D eigenvalue weighted by atomic mass is 16.3. The van der Waals surface area contributed by atoms with Gasteiger partial charge in [0.05, 0.1) is 0 Å². The van der Waals surface area contributed by atoms with E-state index in [1.54, 1.807) is 11.1 Å². The number of rotatable bonds is 6. The smallest absolute Gasteiger partial charge is 0.246 e. The van der Waals surface area contributed by atoms with E-state index in [2.05, 4.69) is 120 Å². The molecule has 5 aromatic carbocycles. The molecule has 3 heteroatoms. The molecule has 1 aliphatic heterocycles. The van der Waals surface area contributed by atoms with E-state index in [1.807, 2.05) is 12.1 Å². The normalized spacial score (nSPS) is 20.9. The molecule has 1 heterocycles. The number of benzene rings is 5. The molecule has 0 radical (unpaired) electrons. The molecule has 238 valence electrons. The third-order valence-electron chi connectivity index (χ3n) is 11.3. The predicted molar refractivity (Wildman–Crippen MR) is 195 cm³/mol. The standard InChI is InChI=1S/C44H46N2O/c1-31-28-37(32-16-6-2-7-17-32)29-39(33-18-8-3-9-19-33)41(31)45-30-46(44-38-25-15-14-20-34(38)26-27-40(44)47)43(36-23-12-5-13-24-36)42(45)35-21-10-4-11-22-35/h4-5,10-15,20-30,32-33,42-43H,2-3,6-9,16-19H2,1H3/p+1/t42-,43-/m0/s1. The first kappa shape index (κ1) is 30.0. The molecule has 8 rings (SSSR count). The van der Waals surface area contributed by atoms with Crippen LogP contribution in [0.1, 0.15) is 116 Å². The number of aromatic hydroxyl groups is 1. The Balaban J connectivity index is 1.39. The number of aryl methyl sites for hydroxylation is 1. The molecule has 1 N–H and O–H groups in total. The monoisotopic (exact) mass is 619 g/mol. The summed E-state index contributed by atoms with van der Waals surface area (Å²) < 4.78 is 2.60. The van der Waals surface area contributed by atoms with Crippen LogP contribution in [-0.4, -0.2) is 16.0 Å². The lowest BCUT2D eigenvalue weighted by Gasteiger charge is -2.30. The lowest BCUT2D eigenvalue weighted by atomic mass is 9.78. The van der Waals surface area contributed by atoms with Crippen LogP contribution in [0.3, 0.4) is 0 Å². The van der Waals surface area contributed by atoms with Crippen LogP contribution in [0.15, 0.2) is 109 Å². The van der Waals surface area contributed by atoms with Crippen LogP contribution < -0.4 is 4.90 Å². The predicted octanol–water partition coefficient (Wildman–Crippen LogP) is 11.6.